The minimum absolute atomic E-state index is 0.0316. The standard InChI is InChI=1S/C15H8N4O5/c20-11-5-6-16-12-10(7-17-18(11)12)15(23)24-19-13(21)8-3-1-2-4-9(8)14(19)22/h1-7,17H. The first kappa shape index (κ1) is 13.9. The second-order valence-corrected chi connectivity index (χ2v) is 4.96. The van der Waals surface area contributed by atoms with Crippen molar-refractivity contribution in [2.24, 2.45) is 0 Å². The van der Waals surface area contributed by atoms with Crippen LogP contribution in [0.2, 0.25) is 0 Å². The van der Waals surface area contributed by atoms with Gasteiger partial charge in [0.25, 0.3) is 17.4 Å². The molecule has 118 valence electrons. The lowest BCUT2D eigenvalue weighted by Gasteiger charge is -2.11. The maximum atomic E-state index is 12.3. The number of nitrogens with one attached hydrogen (secondary N) is 1. The molecule has 9 heteroatoms. The van der Waals surface area contributed by atoms with Gasteiger partial charge in [-0.05, 0) is 12.1 Å². The summed E-state index contributed by atoms with van der Waals surface area (Å²) in [4.78, 5) is 57.1. The summed E-state index contributed by atoms with van der Waals surface area (Å²) in [6.45, 7) is 0. The topological polar surface area (TPSA) is 114 Å². The van der Waals surface area contributed by atoms with Crippen molar-refractivity contribution in [3.05, 3.63) is 69.8 Å². The molecule has 9 nitrogen and oxygen atoms in total. The summed E-state index contributed by atoms with van der Waals surface area (Å²) in [5.41, 5.74) is -0.153. The Morgan fingerprint density at radius 2 is 1.71 bits per heavy atom. The predicted molar refractivity (Wildman–Crippen MR) is 78.2 cm³/mol. The summed E-state index contributed by atoms with van der Waals surface area (Å²) in [6, 6.07) is 7.35. The quantitative estimate of drug-likeness (QED) is 0.682. The molecule has 2 aromatic heterocycles. The number of aromatic nitrogens is 3. The predicted octanol–water partition coefficient (Wildman–Crippen LogP) is 0.391. The van der Waals surface area contributed by atoms with E-state index in [1.807, 2.05) is 0 Å². The molecule has 0 radical (unpaired) electrons. The van der Waals surface area contributed by atoms with E-state index in [-0.39, 0.29) is 22.3 Å². The summed E-state index contributed by atoms with van der Waals surface area (Å²) in [7, 11) is 0. The van der Waals surface area contributed by atoms with E-state index >= 15 is 0 Å². The van der Waals surface area contributed by atoms with Crippen LogP contribution in [0.4, 0.5) is 0 Å². The highest BCUT2D eigenvalue weighted by Crippen LogP contribution is 2.23. The van der Waals surface area contributed by atoms with E-state index in [4.69, 9.17) is 4.84 Å². The van der Waals surface area contributed by atoms with E-state index in [1.54, 1.807) is 12.1 Å². The highest BCUT2D eigenvalue weighted by Gasteiger charge is 2.39. The number of aromatic amines is 1. The van der Waals surface area contributed by atoms with Gasteiger partial charge in [0.1, 0.15) is 5.56 Å². The average molecular weight is 324 g/mol. The highest BCUT2D eigenvalue weighted by atomic mass is 16.7. The summed E-state index contributed by atoms with van der Waals surface area (Å²) < 4.78 is 1.04. The van der Waals surface area contributed by atoms with Gasteiger partial charge in [0.15, 0.2) is 5.65 Å². The molecule has 1 aliphatic rings. The molecule has 0 bridgehead atoms. The molecule has 0 saturated heterocycles. The first-order valence-corrected chi connectivity index (χ1v) is 6.83. The van der Waals surface area contributed by atoms with Crippen LogP contribution in [-0.2, 0) is 4.84 Å². The minimum atomic E-state index is -0.985. The number of hydrogen-bond acceptors (Lipinski definition) is 6. The number of carbonyl (C=O) groups excluding carboxylic acids is 3. The van der Waals surface area contributed by atoms with Crippen LogP contribution in [0.25, 0.3) is 5.65 Å². The van der Waals surface area contributed by atoms with Crippen LogP contribution in [0.15, 0.2) is 47.5 Å². The van der Waals surface area contributed by atoms with Gasteiger partial charge in [-0.15, -0.1) is 0 Å². The third kappa shape index (κ3) is 1.85. The first-order chi connectivity index (χ1) is 11.6. The van der Waals surface area contributed by atoms with Gasteiger partial charge in [-0.25, -0.2) is 14.3 Å². The smallest absolute Gasteiger partial charge is 0.324 e. The molecule has 0 saturated carbocycles. The Balaban J connectivity index is 1.68. The van der Waals surface area contributed by atoms with Crippen LogP contribution in [-0.4, -0.2) is 37.4 Å². The van der Waals surface area contributed by atoms with Gasteiger partial charge in [-0.3, -0.25) is 19.5 Å². The fraction of sp³-hybridized carbons (Fsp3) is 0. The van der Waals surface area contributed by atoms with Gasteiger partial charge in [-0.2, -0.15) is 0 Å². The van der Waals surface area contributed by atoms with Gasteiger partial charge in [0.2, 0.25) is 0 Å². The second-order valence-electron chi connectivity index (χ2n) is 4.96. The van der Waals surface area contributed by atoms with E-state index in [1.165, 1.54) is 30.6 Å². The number of carbonyl (C=O) groups is 3. The summed E-state index contributed by atoms with van der Waals surface area (Å²) >= 11 is 0. The number of benzene rings is 1. The molecule has 0 atom stereocenters. The molecule has 0 fully saturated rings. The van der Waals surface area contributed by atoms with E-state index in [0.717, 1.165) is 4.52 Å². The lowest BCUT2D eigenvalue weighted by molar-refractivity contribution is -0.0583. The summed E-state index contributed by atoms with van der Waals surface area (Å²) in [5.74, 6) is -2.44. The molecule has 0 unspecified atom stereocenters. The molecule has 2 amide bonds. The maximum Gasteiger partial charge on any atom is 0.369 e. The fourth-order valence-electron chi connectivity index (χ4n) is 2.45. The number of H-pyrrole nitrogens is 1. The lowest BCUT2D eigenvalue weighted by Crippen LogP contribution is -2.32. The molecule has 3 heterocycles. The second kappa shape index (κ2) is 4.88. The zero-order valence-corrected chi connectivity index (χ0v) is 11.9. The molecule has 1 N–H and O–H groups in total. The number of imide groups is 1. The third-order valence-corrected chi connectivity index (χ3v) is 3.58. The largest absolute Gasteiger partial charge is 0.369 e. The number of hydroxylamine groups is 2. The average Bonchev–Trinajstić information content (AvgIpc) is 3.12. The number of hydrogen-bond donors (Lipinski definition) is 1. The van der Waals surface area contributed by atoms with Crippen LogP contribution < -0.4 is 5.56 Å². The van der Waals surface area contributed by atoms with Crippen LogP contribution in [0.5, 0.6) is 0 Å². The van der Waals surface area contributed by atoms with Crippen molar-refractivity contribution in [3.8, 4) is 0 Å². The molecule has 1 aromatic carbocycles. The highest BCUT2D eigenvalue weighted by molar-refractivity contribution is 6.21. The van der Waals surface area contributed by atoms with Crippen molar-refractivity contribution in [3.63, 3.8) is 0 Å². The Kier molecular flexibility index (Phi) is 2.82. The van der Waals surface area contributed by atoms with Gasteiger partial charge >= 0.3 is 5.97 Å². The van der Waals surface area contributed by atoms with Crippen molar-refractivity contribution in [1.29, 1.82) is 0 Å². The maximum absolute atomic E-state index is 12.3. The minimum Gasteiger partial charge on any atom is -0.324 e. The SMILES string of the molecule is O=C(ON1C(=O)c2ccccc2C1=O)c1c[nH]n2c(=O)ccnc12. The zero-order chi connectivity index (χ0) is 16.8. The Labute approximate surface area is 133 Å². The van der Waals surface area contributed by atoms with Crippen LogP contribution in [0.3, 0.4) is 0 Å². The lowest BCUT2D eigenvalue weighted by atomic mass is 10.1. The van der Waals surface area contributed by atoms with Gasteiger partial charge in [-0.1, -0.05) is 17.2 Å². The first-order valence-electron chi connectivity index (χ1n) is 6.83. The Bertz CT molecular complexity index is 1050. The molecule has 0 spiro atoms. The van der Waals surface area contributed by atoms with E-state index in [0.29, 0.717) is 5.06 Å². The van der Waals surface area contributed by atoms with Crippen molar-refractivity contribution < 1.29 is 19.2 Å². The van der Waals surface area contributed by atoms with E-state index < -0.39 is 23.3 Å². The third-order valence-electron chi connectivity index (χ3n) is 3.58. The normalized spacial score (nSPS) is 13.4. The van der Waals surface area contributed by atoms with Gasteiger partial charge < -0.3 is 4.84 Å². The van der Waals surface area contributed by atoms with Gasteiger partial charge in [0, 0.05) is 18.5 Å². The van der Waals surface area contributed by atoms with Crippen LogP contribution in [0, 0.1) is 0 Å². The number of fused-ring (bicyclic) bond motifs is 2. The van der Waals surface area contributed by atoms with Crippen molar-refractivity contribution in [2.45, 2.75) is 0 Å². The molecular formula is C15H8N4O5. The Morgan fingerprint density at radius 1 is 1.04 bits per heavy atom. The number of rotatable bonds is 2. The molecule has 24 heavy (non-hydrogen) atoms. The Morgan fingerprint density at radius 3 is 2.38 bits per heavy atom. The van der Waals surface area contributed by atoms with Gasteiger partial charge in [0.05, 0.1) is 11.1 Å². The molecule has 4 rings (SSSR count). The molecular weight excluding hydrogens is 316 g/mol. The zero-order valence-electron chi connectivity index (χ0n) is 11.9. The van der Waals surface area contributed by atoms with Crippen LogP contribution >= 0.6 is 0 Å². The van der Waals surface area contributed by atoms with E-state index in [9.17, 15) is 19.2 Å². The monoisotopic (exact) mass is 324 g/mol. The summed E-state index contributed by atoms with van der Waals surface area (Å²) in [6.07, 6.45) is 2.45. The van der Waals surface area contributed by atoms with Crippen LogP contribution in [0.1, 0.15) is 31.1 Å². The fourth-order valence-corrected chi connectivity index (χ4v) is 2.45. The molecule has 3 aromatic rings. The van der Waals surface area contributed by atoms with Crippen molar-refractivity contribution >= 4 is 23.4 Å². The number of nitrogens with zero attached hydrogens (tertiary/aromatic N) is 3. The molecule has 1 aliphatic heterocycles. The summed E-state index contributed by atoms with van der Waals surface area (Å²) in [5, 5.41) is 2.95. The molecule has 0 aliphatic carbocycles. The van der Waals surface area contributed by atoms with Crippen molar-refractivity contribution in [1.82, 2.24) is 19.7 Å². The van der Waals surface area contributed by atoms with E-state index in [2.05, 4.69) is 10.1 Å². The number of amides is 2. The Hall–Kier alpha value is -3.75. The van der Waals surface area contributed by atoms with Crippen molar-refractivity contribution in [2.75, 3.05) is 0 Å².